The van der Waals surface area contributed by atoms with E-state index in [9.17, 15) is 4.39 Å². The molecule has 2 aromatic carbocycles. The Morgan fingerprint density at radius 2 is 1.71 bits per heavy atom. The van der Waals surface area contributed by atoms with E-state index in [1.165, 1.54) is 18.3 Å². The fourth-order valence-corrected chi connectivity index (χ4v) is 2.32. The van der Waals surface area contributed by atoms with Crippen LogP contribution in [0.5, 0.6) is 0 Å². The molecule has 0 unspecified atom stereocenters. The van der Waals surface area contributed by atoms with Crippen molar-refractivity contribution in [1.82, 2.24) is 4.98 Å². The number of benzene rings is 2. The minimum absolute atomic E-state index is 0.292. The smallest absolute Gasteiger partial charge is 0.126 e. The Balaban J connectivity index is 2.17. The molecule has 1 nitrogen and oxygen atoms in total. The van der Waals surface area contributed by atoms with Gasteiger partial charge in [0, 0.05) is 17.8 Å². The minimum atomic E-state index is -0.292. The zero-order valence-corrected chi connectivity index (χ0v) is 11.5. The van der Waals surface area contributed by atoms with Crippen LogP contribution in [0.4, 0.5) is 4.39 Å². The molecule has 0 fully saturated rings. The van der Waals surface area contributed by atoms with E-state index in [1.54, 1.807) is 6.08 Å². The number of nitrogens with zero attached hydrogens (tertiary/aromatic N) is 1. The van der Waals surface area contributed by atoms with Crippen LogP contribution in [0.3, 0.4) is 0 Å². The van der Waals surface area contributed by atoms with E-state index in [4.69, 9.17) is 0 Å². The quantitative estimate of drug-likeness (QED) is 0.640. The lowest BCUT2D eigenvalue weighted by Crippen LogP contribution is -1.89. The standard InChI is InChI=1S/C19H14FN/c1-2-14-8-9-16(15-6-4-3-5-7-15)12-18(14)19-13-17(20)10-11-21-19/h2-13H,1H2. The molecule has 0 amide bonds. The van der Waals surface area contributed by atoms with Gasteiger partial charge in [-0.15, -0.1) is 0 Å². The summed E-state index contributed by atoms with van der Waals surface area (Å²) in [6.45, 7) is 3.82. The average molecular weight is 275 g/mol. The topological polar surface area (TPSA) is 12.9 Å². The van der Waals surface area contributed by atoms with Crippen LogP contribution in [-0.2, 0) is 0 Å². The number of halogens is 1. The normalized spacial score (nSPS) is 10.3. The summed E-state index contributed by atoms with van der Waals surface area (Å²) in [5.74, 6) is -0.292. The van der Waals surface area contributed by atoms with Gasteiger partial charge in [0.15, 0.2) is 0 Å². The van der Waals surface area contributed by atoms with Crippen molar-refractivity contribution < 1.29 is 4.39 Å². The minimum Gasteiger partial charge on any atom is -0.256 e. The van der Waals surface area contributed by atoms with Crippen molar-refractivity contribution in [3.63, 3.8) is 0 Å². The summed E-state index contributed by atoms with van der Waals surface area (Å²) in [5.41, 5.74) is 4.62. The summed E-state index contributed by atoms with van der Waals surface area (Å²) in [7, 11) is 0. The summed E-state index contributed by atoms with van der Waals surface area (Å²) in [6, 6.07) is 18.9. The molecule has 0 radical (unpaired) electrons. The van der Waals surface area contributed by atoms with Gasteiger partial charge < -0.3 is 0 Å². The average Bonchev–Trinajstić information content (AvgIpc) is 2.55. The van der Waals surface area contributed by atoms with E-state index in [2.05, 4.69) is 11.6 Å². The molecule has 102 valence electrons. The van der Waals surface area contributed by atoms with Crippen LogP contribution in [0.15, 0.2) is 73.4 Å². The number of hydrogen-bond donors (Lipinski definition) is 0. The van der Waals surface area contributed by atoms with E-state index in [0.717, 1.165) is 22.3 Å². The Bertz CT molecular complexity index is 779. The molecule has 0 saturated carbocycles. The van der Waals surface area contributed by atoms with Gasteiger partial charge in [0.05, 0.1) is 5.69 Å². The first kappa shape index (κ1) is 13.3. The predicted octanol–water partition coefficient (Wildman–Crippen LogP) is 5.20. The Hall–Kier alpha value is -2.74. The second kappa shape index (κ2) is 5.71. The second-order valence-corrected chi connectivity index (χ2v) is 4.73. The van der Waals surface area contributed by atoms with Crippen LogP contribution in [0.1, 0.15) is 5.56 Å². The molecule has 0 aliphatic heterocycles. The lowest BCUT2D eigenvalue weighted by molar-refractivity contribution is 0.626. The third-order valence-corrected chi connectivity index (χ3v) is 3.38. The number of aromatic nitrogens is 1. The van der Waals surface area contributed by atoms with Crippen molar-refractivity contribution >= 4 is 6.08 Å². The molecule has 0 bridgehead atoms. The molecular formula is C19H14FN. The molecule has 0 aliphatic carbocycles. The SMILES string of the molecule is C=Cc1ccc(-c2ccccc2)cc1-c1cc(F)ccn1. The molecule has 3 rings (SSSR count). The van der Waals surface area contributed by atoms with Gasteiger partial charge in [0.1, 0.15) is 5.82 Å². The van der Waals surface area contributed by atoms with E-state index >= 15 is 0 Å². The number of hydrogen-bond acceptors (Lipinski definition) is 1. The van der Waals surface area contributed by atoms with Gasteiger partial charge in [-0.1, -0.05) is 55.1 Å². The third-order valence-electron chi connectivity index (χ3n) is 3.38. The largest absolute Gasteiger partial charge is 0.256 e. The Morgan fingerprint density at radius 1 is 0.905 bits per heavy atom. The molecule has 0 aliphatic rings. The first-order valence-electron chi connectivity index (χ1n) is 6.72. The molecule has 21 heavy (non-hydrogen) atoms. The zero-order chi connectivity index (χ0) is 14.7. The monoisotopic (exact) mass is 275 g/mol. The van der Waals surface area contributed by atoms with E-state index in [0.29, 0.717) is 5.69 Å². The summed E-state index contributed by atoms with van der Waals surface area (Å²) in [4.78, 5) is 4.27. The first-order valence-corrected chi connectivity index (χ1v) is 6.72. The molecule has 2 heteroatoms. The molecule has 0 atom stereocenters. The highest BCUT2D eigenvalue weighted by Gasteiger charge is 2.08. The van der Waals surface area contributed by atoms with Crippen LogP contribution in [0.25, 0.3) is 28.5 Å². The number of rotatable bonds is 3. The predicted molar refractivity (Wildman–Crippen MR) is 85.2 cm³/mol. The van der Waals surface area contributed by atoms with Gasteiger partial charge in [-0.3, -0.25) is 4.98 Å². The molecule has 0 saturated heterocycles. The van der Waals surface area contributed by atoms with Gasteiger partial charge in [-0.2, -0.15) is 0 Å². The molecule has 0 N–H and O–H groups in total. The lowest BCUT2D eigenvalue weighted by Gasteiger charge is -2.09. The van der Waals surface area contributed by atoms with Gasteiger partial charge >= 0.3 is 0 Å². The zero-order valence-electron chi connectivity index (χ0n) is 11.5. The summed E-state index contributed by atoms with van der Waals surface area (Å²) in [6.07, 6.45) is 3.24. The van der Waals surface area contributed by atoms with E-state index in [-0.39, 0.29) is 5.82 Å². The van der Waals surface area contributed by atoms with Crippen LogP contribution >= 0.6 is 0 Å². The Labute approximate surface area is 123 Å². The summed E-state index contributed by atoms with van der Waals surface area (Å²) >= 11 is 0. The van der Waals surface area contributed by atoms with Crippen molar-refractivity contribution in [3.8, 4) is 22.4 Å². The maximum Gasteiger partial charge on any atom is 0.126 e. The number of pyridine rings is 1. The lowest BCUT2D eigenvalue weighted by atomic mass is 9.97. The van der Waals surface area contributed by atoms with Crippen molar-refractivity contribution in [3.05, 3.63) is 84.8 Å². The van der Waals surface area contributed by atoms with Gasteiger partial charge in [-0.05, 0) is 28.8 Å². The van der Waals surface area contributed by atoms with Crippen molar-refractivity contribution in [1.29, 1.82) is 0 Å². The van der Waals surface area contributed by atoms with Crippen molar-refractivity contribution in [2.75, 3.05) is 0 Å². The molecule has 1 heterocycles. The van der Waals surface area contributed by atoms with Crippen LogP contribution in [0, 0.1) is 5.82 Å². The van der Waals surface area contributed by atoms with E-state index < -0.39 is 0 Å². The van der Waals surface area contributed by atoms with Crippen molar-refractivity contribution in [2.24, 2.45) is 0 Å². The Kier molecular flexibility index (Phi) is 3.61. The van der Waals surface area contributed by atoms with Gasteiger partial charge in [0.2, 0.25) is 0 Å². The third kappa shape index (κ3) is 2.75. The van der Waals surface area contributed by atoms with Crippen LogP contribution in [0.2, 0.25) is 0 Å². The summed E-state index contributed by atoms with van der Waals surface area (Å²) in [5, 5.41) is 0. The van der Waals surface area contributed by atoms with Crippen LogP contribution < -0.4 is 0 Å². The molecule has 3 aromatic rings. The van der Waals surface area contributed by atoms with Crippen molar-refractivity contribution in [2.45, 2.75) is 0 Å². The summed E-state index contributed by atoms with van der Waals surface area (Å²) < 4.78 is 13.4. The highest BCUT2D eigenvalue weighted by molar-refractivity contribution is 5.78. The fourth-order valence-electron chi connectivity index (χ4n) is 2.32. The van der Waals surface area contributed by atoms with Gasteiger partial charge in [0.25, 0.3) is 0 Å². The maximum atomic E-state index is 13.4. The first-order chi connectivity index (χ1) is 10.3. The van der Waals surface area contributed by atoms with Gasteiger partial charge in [-0.25, -0.2) is 4.39 Å². The maximum absolute atomic E-state index is 13.4. The second-order valence-electron chi connectivity index (χ2n) is 4.73. The highest BCUT2D eigenvalue weighted by Crippen LogP contribution is 2.29. The fraction of sp³-hybridized carbons (Fsp3) is 0. The molecular weight excluding hydrogens is 261 g/mol. The molecule has 0 spiro atoms. The van der Waals surface area contributed by atoms with Crippen LogP contribution in [-0.4, -0.2) is 4.98 Å². The highest BCUT2D eigenvalue weighted by atomic mass is 19.1. The molecule has 1 aromatic heterocycles. The Morgan fingerprint density at radius 3 is 2.43 bits per heavy atom. The van der Waals surface area contributed by atoms with E-state index in [1.807, 2.05) is 48.5 Å².